The Balaban J connectivity index is 0.000000810. The number of hydrogen-bond acceptors (Lipinski definition) is 2. The van der Waals surface area contributed by atoms with Gasteiger partial charge in [0.25, 0.3) is 0 Å². The van der Waals surface area contributed by atoms with Crippen LogP contribution in [0.2, 0.25) is 0 Å². The molecule has 0 heterocycles. The van der Waals surface area contributed by atoms with Crippen molar-refractivity contribution in [3.05, 3.63) is 35.9 Å². The molecule has 1 aromatic rings. The molecule has 2 atom stereocenters. The molecule has 0 unspecified atom stereocenters. The van der Waals surface area contributed by atoms with Crippen molar-refractivity contribution in [3.8, 4) is 0 Å². The van der Waals surface area contributed by atoms with E-state index in [2.05, 4.69) is 41.0 Å². The van der Waals surface area contributed by atoms with Crippen LogP contribution in [0.3, 0.4) is 0 Å². The van der Waals surface area contributed by atoms with Gasteiger partial charge in [0.1, 0.15) is 0 Å². The van der Waals surface area contributed by atoms with Gasteiger partial charge in [0.15, 0.2) is 0 Å². The lowest BCUT2D eigenvalue weighted by Gasteiger charge is -2.05. The molecule has 102 valence electrons. The highest BCUT2D eigenvalue weighted by Gasteiger charge is 2.37. The lowest BCUT2D eigenvalue weighted by Crippen LogP contribution is -2.30. The van der Waals surface area contributed by atoms with Gasteiger partial charge in [0, 0.05) is 31.1 Å². The first kappa shape index (κ1) is 15.8. The molecule has 2 N–H and O–H groups in total. The highest BCUT2D eigenvalue weighted by Crippen LogP contribution is 2.40. The minimum atomic E-state index is 0. The molecule has 0 amide bonds. The molecular weight excluding hydrogens is 267 g/mol. The SMILES string of the molecule is Cl.Cl.c1ccc([C@@H]2C[C@H]2NCCNC2CC2)cc1. The topological polar surface area (TPSA) is 24.1 Å². The number of nitrogens with one attached hydrogen (secondary N) is 2. The quantitative estimate of drug-likeness (QED) is 0.787. The molecular formula is C14H22Cl2N2. The van der Waals surface area contributed by atoms with Crippen molar-refractivity contribution in [1.29, 1.82) is 0 Å². The van der Waals surface area contributed by atoms with E-state index in [9.17, 15) is 0 Å². The van der Waals surface area contributed by atoms with Crippen molar-refractivity contribution in [1.82, 2.24) is 10.6 Å². The van der Waals surface area contributed by atoms with Crippen molar-refractivity contribution in [2.24, 2.45) is 0 Å². The number of hydrogen-bond donors (Lipinski definition) is 2. The van der Waals surface area contributed by atoms with Crippen LogP contribution in [-0.4, -0.2) is 25.2 Å². The van der Waals surface area contributed by atoms with Crippen molar-refractivity contribution in [2.75, 3.05) is 13.1 Å². The van der Waals surface area contributed by atoms with E-state index >= 15 is 0 Å². The normalized spacial score (nSPS) is 24.9. The lowest BCUT2D eigenvalue weighted by molar-refractivity contribution is 0.600. The molecule has 2 fully saturated rings. The number of benzene rings is 1. The van der Waals surface area contributed by atoms with Gasteiger partial charge in [-0.1, -0.05) is 30.3 Å². The molecule has 18 heavy (non-hydrogen) atoms. The third-order valence-electron chi connectivity index (χ3n) is 3.56. The molecule has 0 aromatic heterocycles. The highest BCUT2D eigenvalue weighted by molar-refractivity contribution is 5.85. The van der Waals surface area contributed by atoms with E-state index in [1.165, 1.54) is 24.8 Å². The molecule has 0 radical (unpaired) electrons. The Hall–Kier alpha value is -0.280. The molecule has 0 bridgehead atoms. The summed E-state index contributed by atoms with van der Waals surface area (Å²) < 4.78 is 0. The molecule has 2 aliphatic carbocycles. The van der Waals surface area contributed by atoms with Gasteiger partial charge in [-0.15, -0.1) is 24.8 Å². The first-order valence-corrected chi connectivity index (χ1v) is 6.45. The predicted octanol–water partition coefficient (Wildman–Crippen LogP) is 2.73. The van der Waals surface area contributed by atoms with Crippen LogP contribution in [0.5, 0.6) is 0 Å². The van der Waals surface area contributed by atoms with Crippen molar-refractivity contribution >= 4 is 24.8 Å². The molecule has 3 rings (SSSR count). The lowest BCUT2D eigenvalue weighted by atomic mass is 10.1. The van der Waals surface area contributed by atoms with Crippen LogP contribution in [0.15, 0.2) is 30.3 Å². The van der Waals surface area contributed by atoms with E-state index in [4.69, 9.17) is 0 Å². The predicted molar refractivity (Wildman–Crippen MR) is 81.1 cm³/mol. The first-order chi connectivity index (χ1) is 7.93. The second-order valence-corrected chi connectivity index (χ2v) is 5.04. The third-order valence-corrected chi connectivity index (χ3v) is 3.56. The minimum Gasteiger partial charge on any atom is -0.313 e. The fourth-order valence-corrected chi connectivity index (χ4v) is 2.31. The van der Waals surface area contributed by atoms with E-state index in [1.54, 1.807) is 0 Å². The summed E-state index contributed by atoms with van der Waals surface area (Å²) >= 11 is 0. The largest absolute Gasteiger partial charge is 0.313 e. The van der Waals surface area contributed by atoms with Gasteiger partial charge in [0.2, 0.25) is 0 Å². The molecule has 4 heteroatoms. The summed E-state index contributed by atoms with van der Waals surface area (Å²) in [6.45, 7) is 2.24. The fourth-order valence-electron chi connectivity index (χ4n) is 2.31. The minimum absolute atomic E-state index is 0. The summed E-state index contributed by atoms with van der Waals surface area (Å²) in [6, 6.07) is 12.4. The summed E-state index contributed by atoms with van der Waals surface area (Å²) in [6.07, 6.45) is 4.08. The zero-order valence-corrected chi connectivity index (χ0v) is 12.1. The summed E-state index contributed by atoms with van der Waals surface area (Å²) in [4.78, 5) is 0. The van der Waals surface area contributed by atoms with Gasteiger partial charge in [0.05, 0.1) is 0 Å². The smallest absolute Gasteiger partial charge is 0.0143 e. The van der Waals surface area contributed by atoms with Gasteiger partial charge in [-0.25, -0.2) is 0 Å². The Morgan fingerprint density at radius 1 is 0.944 bits per heavy atom. The third kappa shape index (κ3) is 4.43. The first-order valence-electron chi connectivity index (χ1n) is 6.45. The maximum Gasteiger partial charge on any atom is 0.0143 e. The van der Waals surface area contributed by atoms with Crippen LogP contribution >= 0.6 is 24.8 Å². The summed E-state index contributed by atoms with van der Waals surface area (Å²) in [5.41, 5.74) is 1.50. The Kier molecular flexibility index (Phi) is 6.44. The second kappa shape index (κ2) is 7.34. The van der Waals surface area contributed by atoms with Crippen LogP contribution < -0.4 is 10.6 Å². The van der Waals surface area contributed by atoms with Gasteiger partial charge in [-0.05, 0) is 24.8 Å². The molecule has 1 aromatic carbocycles. The Bertz CT molecular complexity index is 341. The average Bonchev–Trinajstić information content (AvgIpc) is 3.21. The van der Waals surface area contributed by atoms with E-state index < -0.39 is 0 Å². The van der Waals surface area contributed by atoms with Crippen molar-refractivity contribution in [3.63, 3.8) is 0 Å². The number of halogens is 2. The van der Waals surface area contributed by atoms with Gasteiger partial charge < -0.3 is 10.6 Å². The van der Waals surface area contributed by atoms with Crippen molar-refractivity contribution in [2.45, 2.75) is 37.3 Å². The van der Waals surface area contributed by atoms with E-state index in [0.29, 0.717) is 0 Å². The van der Waals surface area contributed by atoms with E-state index in [0.717, 1.165) is 31.1 Å². The summed E-state index contributed by atoms with van der Waals surface area (Å²) in [7, 11) is 0. The zero-order chi connectivity index (χ0) is 10.8. The second-order valence-electron chi connectivity index (χ2n) is 5.04. The standard InChI is InChI=1S/C14H20N2.2ClH/c1-2-4-11(5-3-1)13-10-14(13)16-9-8-15-12-6-7-12;;/h1-5,12-16H,6-10H2;2*1H/t13-,14+;;/m0../s1. The molecule has 0 spiro atoms. The molecule has 0 aliphatic heterocycles. The maximum atomic E-state index is 3.63. The van der Waals surface area contributed by atoms with Crippen LogP contribution in [-0.2, 0) is 0 Å². The zero-order valence-electron chi connectivity index (χ0n) is 10.5. The Labute approximate surface area is 122 Å². The van der Waals surface area contributed by atoms with Crippen LogP contribution in [0, 0.1) is 0 Å². The molecule has 2 nitrogen and oxygen atoms in total. The highest BCUT2D eigenvalue weighted by atomic mass is 35.5. The molecule has 0 saturated heterocycles. The van der Waals surface area contributed by atoms with Gasteiger partial charge in [-0.2, -0.15) is 0 Å². The summed E-state index contributed by atoms with van der Waals surface area (Å²) in [5, 5.41) is 7.16. The van der Waals surface area contributed by atoms with E-state index in [-0.39, 0.29) is 24.8 Å². The molecule has 2 saturated carbocycles. The van der Waals surface area contributed by atoms with Gasteiger partial charge >= 0.3 is 0 Å². The molecule has 2 aliphatic rings. The summed E-state index contributed by atoms with van der Waals surface area (Å²) in [5.74, 6) is 0.766. The van der Waals surface area contributed by atoms with Crippen LogP contribution in [0.4, 0.5) is 0 Å². The van der Waals surface area contributed by atoms with Crippen LogP contribution in [0.25, 0.3) is 0 Å². The van der Waals surface area contributed by atoms with Gasteiger partial charge in [-0.3, -0.25) is 0 Å². The monoisotopic (exact) mass is 288 g/mol. The number of rotatable bonds is 6. The van der Waals surface area contributed by atoms with Crippen LogP contribution in [0.1, 0.15) is 30.7 Å². The van der Waals surface area contributed by atoms with Crippen molar-refractivity contribution < 1.29 is 0 Å². The Morgan fingerprint density at radius 2 is 1.61 bits per heavy atom. The average molecular weight is 289 g/mol. The van der Waals surface area contributed by atoms with E-state index in [1.807, 2.05) is 0 Å². The Morgan fingerprint density at radius 3 is 2.28 bits per heavy atom. The maximum absolute atomic E-state index is 3.63. The fraction of sp³-hybridized carbons (Fsp3) is 0.571.